The van der Waals surface area contributed by atoms with Crippen molar-refractivity contribution in [2.75, 3.05) is 79.3 Å². The minimum atomic E-state index is -2.75. The third-order valence-electron chi connectivity index (χ3n) is 27.1. The molecule has 0 aromatic carbocycles. The highest BCUT2D eigenvalue weighted by molar-refractivity contribution is 5.75. The number of hydrogen-bond acceptors (Lipinski definition) is 61. The van der Waals surface area contributed by atoms with Gasteiger partial charge in [-0.2, -0.15) is 0 Å². The fraction of sp³-hybridized carbons (Fsp3) is 0.939. The van der Waals surface area contributed by atoms with Gasteiger partial charge in [-0.15, -0.1) is 0 Å². The Hall–Kier alpha value is -4.89. The molecule has 0 unspecified atom stereocenters. The Labute approximate surface area is 837 Å². The molecule has 0 spiro atoms. The van der Waals surface area contributed by atoms with E-state index in [1.807, 2.05) is 0 Å². The number of amides is 5. The van der Waals surface area contributed by atoms with Crippen LogP contribution in [0.15, 0.2) is 0 Å². The van der Waals surface area contributed by atoms with E-state index in [1.165, 1.54) is 0 Å². The van der Waals surface area contributed by atoms with Gasteiger partial charge in [-0.3, -0.25) is 24.0 Å². The van der Waals surface area contributed by atoms with Crippen molar-refractivity contribution in [3.05, 3.63) is 0 Å². The lowest BCUT2D eigenvalue weighted by atomic mass is 9.93. The summed E-state index contributed by atoms with van der Waals surface area (Å²) >= 11 is 0. The number of nitrogens with one attached hydrogen (secondary N) is 5. The van der Waals surface area contributed by atoms with Crippen molar-refractivity contribution in [3.63, 3.8) is 0 Å². The van der Waals surface area contributed by atoms with Crippen LogP contribution in [0.25, 0.3) is 0 Å². The number of ether oxygens (including phenoxy) is 23. The van der Waals surface area contributed by atoms with Crippen LogP contribution in [0.2, 0.25) is 0 Å². The van der Waals surface area contributed by atoms with Gasteiger partial charge in [0, 0.05) is 34.6 Å². The standard InChI is InChI=1S/C82H137N5O61/c1-18(99)83-35-46(110)61(27(10-92)127-71(35)125)139-73-37(85-20(3)101)48(112)64(30(13-95)132-73)143-80-60(124)68(44(108)34(138-80)17-126-81-69(52(116)43(107)26(9-91)131-81)147-75-39(87-22(5)103)49(113)63(29(12-94)134-75)142-79-58(122)54(118)66(32(15-97)136-79)145-77-56(120)51(115)42(106)25(8-90)130-77)146-82-70(148-72-36(84-19(2)100)45(109)40(104)23(6-88)128-72)59(123)67(33(16-98)137-82)140-74-38(86-21(4)102)47(111)62(28(11-93)133-74)141-78-57(121)53(117)65(31(14-96)135-78)144-76-55(119)50(114)41(105)24(7-89)129-76/h23-82,88-98,104-125H,6-17H2,1-5H3,(H,83,99)(H,84,100)(H,85,101)(H,86,102)(H,87,103)/t23-,24-,25-,26-,27-,28-,29-,30-,31-,32-,33-,34-,35-,36-,37-,38-,39-,40-,41+,42+,43-,44-,45-,46-,47-,48-,49-,50+,51+,52+,53-,54-,55-,56-,57-,58-,59+,60+,61-,62-,63-,64-,65+,66+,67-,68+,69+,70+,71-,72+,73+,74+,75+,76+,77+,78+,79+,80+,81+,82-/m1/s1. The first-order chi connectivity index (χ1) is 70.1. The third-order valence-corrected chi connectivity index (χ3v) is 27.1. The van der Waals surface area contributed by atoms with Gasteiger partial charge in [0.25, 0.3) is 0 Å². The Morgan fingerprint density at radius 3 is 0.709 bits per heavy atom. The second kappa shape index (κ2) is 53.4. The summed E-state index contributed by atoms with van der Waals surface area (Å²) in [5, 5.41) is 384. The van der Waals surface area contributed by atoms with Crippen LogP contribution in [0.5, 0.6) is 0 Å². The predicted octanol–water partition coefficient (Wildman–Crippen LogP) is -26.4. The summed E-state index contributed by atoms with van der Waals surface area (Å²) in [5.74, 6) is -4.93. The van der Waals surface area contributed by atoms with E-state index in [-0.39, 0.29) is 0 Å². The van der Waals surface area contributed by atoms with Crippen LogP contribution >= 0.6 is 0 Å². The summed E-state index contributed by atoms with van der Waals surface area (Å²) in [6, 6.07) is -9.93. The monoisotopic (exact) mass is 2170 g/mol. The largest absolute Gasteiger partial charge is 0.394 e. The molecule has 60 atom stereocenters. The van der Waals surface area contributed by atoms with Gasteiger partial charge in [0.2, 0.25) is 29.5 Å². The van der Waals surface area contributed by atoms with E-state index in [0.29, 0.717) is 0 Å². The van der Waals surface area contributed by atoms with E-state index >= 15 is 0 Å². The first-order valence-corrected chi connectivity index (χ1v) is 47.2. The molecule has 12 aliphatic rings. The SMILES string of the molecule is CC(=O)N[C@@H]1[C@@H](O)[C@H](O[C@@H]2O[C@H](CO)[C@@H](O[C@@H]3O[C@H](CO[C@H]4O[C@H](CO)[C@@H](O)[C@H](O)[C@@H]4O[C@@H]4O[C@H](CO)[C@@H](O[C@@H]5O[C@H](CO)[C@H](O[C@@H]6O[C@H](CO)[C@H](O)[C@H](O)[C@H]6O)[C@H](O)[C@H]5O)[C@H](O)[C@H]4NC(C)=O)[C@@H](O)[C@H](O[C@H]4O[C@H](CO)[C@@H](O[C@@H]5O[C@H](CO)[C@@H](O[C@@H]6O[C@H](CO)[C@H](O[C@@H]7O[C@H](CO)[C@H](O)[C@H](O)[C@H]7O)[C@H](O)[C@H]6O)[C@H](O)[C@H]5NC(C)=O)[C@H](O)[C@@H]4O[C@@H]4O[C@H](CO)[C@@H](O)[C@H](O)[C@H]4NC(C)=O)[C@@H]3O)[C@H](O)[C@H]2NC(C)=O)[C@@H](CO)O[C@H]1O. The fourth-order valence-electron chi connectivity index (χ4n) is 19.3. The Morgan fingerprint density at radius 1 is 0.176 bits per heavy atom. The molecular weight excluding hydrogens is 2030 g/mol. The molecule has 5 amide bonds. The predicted molar refractivity (Wildman–Crippen MR) is 453 cm³/mol. The molecule has 12 heterocycles. The van der Waals surface area contributed by atoms with Crippen LogP contribution in [0.4, 0.5) is 0 Å². The lowest BCUT2D eigenvalue weighted by Crippen LogP contribution is -2.71. The Morgan fingerprint density at radius 2 is 0.378 bits per heavy atom. The molecule has 12 saturated heterocycles. The molecule has 0 bridgehead atoms. The number of carbonyl (C=O) groups is 5. The highest BCUT2D eigenvalue weighted by atomic mass is 16.8. The maximum atomic E-state index is 13.3. The van der Waals surface area contributed by atoms with Crippen LogP contribution in [-0.2, 0) is 133 Å². The third kappa shape index (κ3) is 26.7. The molecule has 12 fully saturated rings. The smallest absolute Gasteiger partial charge is 0.217 e. The van der Waals surface area contributed by atoms with Crippen molar-refractivity contribution in [2.45, 2.75) is 403 Å². The second-order valence-corrected chi connectivity index (χ2v) is 37.3. The number of hydrogen-bond donors (Lipinski definition) is 38. The number of carbonyl (C=O) groups excluding carboxylic acids is 5. The number of aliphatic hydroxyl groups excluding tert-OH is 33. The summed E-state index contributed by atoms with van der Waals surface area (Å²) in [4.78, 5) is 65.2. The van der Waals surface area contributed by atoms with E-state index < -0.39 is 477 Å². The van der Waals surface area contributed by atoms with Gasteiger partial charge >= 0.3 is 0 Å². The lowest BCUT2D eigenvalue weighted by molar-refractivity contribution is -0.405. The maximum Gasteiger partial charge on any atom is 0.217 e. The molecule has 66 heteroatoms. The Bertz CT molecular complexity index is 4130. The zero-order valence-electron chi connectivity index (χ0n) is 79.3. The van der Waals surface area contributed by atoms with Gasteiger partial charge in [-0.25, -0.2) is 0 Å². The van der Waals surface area contributed by atoms with E-state index in [0.717, 1.165) is 34.6 Å². The van der Waals surface area contributed by atoms with E-state index in [4.69, 9.17) is 109 Å². The van der Waals surface area contributed by atoms with E-state index in [9.17, 15) is 192 Å². The summed E-state index contributed by atoms with van der Waals surface area (Å²) < 4.78 is 138. The number of rotatable bonds is 39. The van der Waals surface area contributed by atoms with Crippen LogP contribution in [0, 0.1) is 0 Å². The molecule has 0 radical (unpaired) electrons. The summed E-state index contributed by atoms with van der Waals surface area (Å²) in [6.45, 7) is -9.63. The molecule has 148 heavy (non-hydrogen) atoms. The molecule has 12 rings (SSSR count). The van der Waals surface area contributed by atoms with E-state index in [2.05, 4.69) is 26.6 Å². The molecule has 0 aromatic rings. The molecule has 0 saturated carbocycles. The van der Waals surface area contributed by atoms with Gasteiger partial charge in [0.05, 0.1) is 79.3 Å². The highest BCUT2D eigenvalue weighted by Gasteiger charge is 2.64. The molecule has 0 aliphatic carbocycles. The minimum Gasteiger partial charge on any atom is -0.394 e. The first-order valence-electron chi connectivity index (χ1n) is 47.2. The van der Waals surface area contributed by atoms with Gasteiger partial charge in [0.15, 0.2) is 75.5 Å². The van der Waals surface area contributed by atoms with Crippen molar-refractivity contribution < 1.29 is 301 Å². The summed E-state index contributed by atoms with van der Waals surface area (Å²) in [6.07, 6.45) is -120. The summed E-state index contributed by atoms with van der Waals surface area (Å²) in [5.41, 5.74) is 0. The topological polar surface area (TPSA) is 1030 Å². The van der Waals surface area contributed by atoms with Crippen molar-refractivity contribution in [1.82, 2.24) is 26.6 Å². The molecule has 12 aliphatic heterocycles. The highest BCUT2D eigenvalue weighted by Crippen LogP contribution is 2.43. The average molecular weight is 2170 g/mol. The normalized spacial score (nSPS) is 49.3. The van der Waals surface area contributed by atoms with Crippen LogP contribution in [0.3, 0.4) is 0 Å². The second-order valence-electron chi connectivity index (χ2n) is 37.3. The zero-order valence-corrected chi connectivity index (χ0v) is 79.3. The molecule has 66 nitrogen and oxygen atoms in total. The number of aliphatic hydroxyl groups is 33. The van der Waals surface area contributed by atoms with Crippen molar-refractivity contribution in [3.8, 4) is 0 Å². The average Bonchev–Trinajstić information content (AvgIpc) is 0.758. The lowest BCUT2D eigenvalue weighted by Gasteiger charge is -2.52. The van der Waals surface area contributed by atoms with Crippen LogP contribution in [-0.4, -0.2) is 645 Å². The quantitative estimate of drug-likeness (QED) is 0.0272. The molecule has 38 N–H and O–H groups in total. The van der Waals surface area contributed by atoms with Crippen molar-refractivity contribution >= 4 is 29.5 Å². The molecule has 0 aromatic heterocycles. The van der Waals surface area contributed by atoms with Gasteiger partial charge in [0.1, 0.15) is 293 Å². The van der Waals surface area contributed by atoms with Gasteiger partial charge in [-0.1, -0.05) is 0 Å². The summed E-state index contributed by atoms with van der Waals surface area (Å²) in [7, 11) is 0. The molecular formula is C82H137N5O61. The van der Waals surface area contributed by atoms with E-state index in [1.54, 1.807) is 0 Å². The van der Waals surface area contributed by atoms with Crippen LogP contribution < -0.4 is 26.6 Å². The maximum absolute atomic E-state index is 13.3. The van der Waals surface area contributed by atoms with Crippen molar-refractivity contribution in [2.24, 2.45) is 0 Å². The molecule has 856 valence electrons. The Balaban J connectivity index is 0.871. The van der Waals surface area contributed by atoms with Gasteiger partial charge < -0.3 is 304 Å². The first kappa shape index (κ1) is 122. The van der Waals surface area contributed by atoms with Gasteiger partial charge in [-0.05, 0) is 0 Å². The zero-order chi connectivity index (χ0) is 109. The minimum absolute atomic E-state index is 0.836. The fourth-order valence-corrected chi connectivity index (χ4v) is 19.3. The van der Waals surface area contributed by atoms with Crippen molar-refractivity contribution in [1.29, 1.82) is 0 Å². The van der Waals surface area contributed by atoms with Crippen LogP contribution in [0.1, 0.15) is 34.6 Å². The Kier molecular flexibility index (Phi) is 43.9.